The molecule has 0 aliphatic heterocycles. The largest absolute Gasteiger partial charge is 0.675 e. The molecule has 0 atom stereocenters. The topological polar surface area (TPSA) is 23.8 Å². The van der Waals surface area contributed by atoms with Gasteiger partial charge in [-0.25, -0.2) is 0 Å². The van der Waals surface area contributed by atoms with Gasteiger partial charge in [-0.05, 0) is 0 Å². The number of rotatable bonds is 0. The molecule has 2 heteroatoms. The van der Waals surface area contributed by atoms with Gasteiger partial charge in [0.2, 0.25) is 0 Å². The molecule has 0 amide bonds. The summed E-state index contributed by atoms with van der Waals surface area (Å²) in [5, 5.41) is 0. The Morgan fingerprint density at radius 1 is 1.00 bits per heavy atom. The van der Waals surface area contributed by atoms with Gasteiger partial charge in [0, 0.05) is 19.5 Å². The Bertz CT molecular complexity index is 50.5. The predicted molar refractivity (Wildman–Crippen MR) is 31.2 cm³/mol. The van der Waals surface area contributed by atoms with Crippen LogP contribution in [0.1, 0.15) is 32.1 Å². The molecular weight excluding hydrogens is 151 g/mol. The van der Waals surface area contributed by atoms with Crippen LogP contribution in [0.15, 0.2) is 0 Å². The van der Waals surface area contributed by atoms with Crippen LogP contribution >= 0.6 is 0 Å². The van der Waals surface area contributed by atoms with E-state index in [0.717, 1.165) is 12.8 Å². The van der Waals surface area contributed by atoms with E-state index >= 15 is 0 Å². The van der Waals surface area contributed by atoms with Gasteiger partial charge in [-0.15, -0.1) is 6.04 Å². The van der Waals surface area contributed by atoms with E-state index in [2.05, 4.69) is 0 Å². The van der Waals surface area contributed by atoms with Gasteiger partial charge in [0.1, 0.15) is 0 Å². The summed E-state index contributed by atoms with van der Waals surface area (Å²) in [7, 11) is 0. The quantitative estimate of drug-likeness (QED) is 0.490. The van der Waals surface area contributed by atoms with Crippen molar-refractivity contribution in [2.75, 3.05) is 0 Å². The number of hydrogen-bond donors (Lipinski definition) is 0. The summed E-state index contributed by atoms with van der Waals surface area (Å²) >= 11 is 0. The van der Waals surface area contributed by atoms with Crippen molar-refractivity contribution in [1.29, 1.82) is 0 Å². The fraction of sp³-hybridized carbons (Fsp3) is 1.00. The summed E-state index contributed by atoms with van der Waals surface area (Å²) in [4.78, 5) is 0. The zero-order valence-electron chi connectivity index (χ0n) is 5.32. The molecule has 1 aliphatic rings. The molecule has 0 aromatic rings. The van der Waals surface area contributed by atoms with Crippen LogP contribution in [0.5, 0.6) is 0 Å². The molecule has 0 unspecified atom stereocenters. The Kier molecular flexibility index (Phi) is 4.79. The number of nitrogens with one attached hydrogen (secondary N) is 1. The molecule has 1 saturated carbocycles. The van der Waals surface area contributed by atoms with Gasteiger partial charge in [0.05, 0.1) is 0 Å². The Labute approximate surface area is 63.8 Å². The molecule has 44 valence electrons. The molecule has 1 aliphatic carbocycles. The molecule has 1 rings (SSSR count). The summed E-state index contributed by atoms with van der Waals surface area (Å²) in [6.07, 6.45) is 6.28. The van der Waals surface area contributed by atoms with Crippen molar-refractivity contribution in [3.05, 3.63) is 5.73 Å². The molecule has 1 nitrogen and oxygen atoms in total. The van der Waals surface area contributed by atoms with Crippen LogP contribution in [0.4, 0.5) is 0 Å². The van der Waals surface area contributed by atoms with Crippen LogP contribution in [-0.4, -0.2) is 6.04 Å². The Hall–Kier alpha value is 0.583. The fourth-order valence-electron chi connectivity index (χ4n) is 1.10. The van der Waals surface area contributed by atoms with Crippen LogP contribution < -0.4 is 0 Å². The monoisotopic (exact) mass is 162 g/mol. The molecule has 1 fully saturated rings. The van der Waals surface area contributed by atoms with E-state index in [1.54, 1.807) is 0 Å². The minimum atomic E-state index is 0. The van der Waals surface area contributed by atoms with Crippen LogP contribution in [0.2, 0.25) is 0 Å². The first-order chi connectivity index (χ1) is 3.39. The van der Waals surface area contributed by atoms with Crippen molar-refractivity contribution >= 4 is 0 Å². The van der Waals surface area contributed by atoms with E-state index in [-0.39, 0.29) is 25.5 Å². The third-order valence-corrected chi connectivity index (χ3v) is 1.61. The second kappa shape index (κ2) is 4.46. The van der Waals surface area contributed by atoms with E-state index in [9.17, 15) is 0 Å². The fourth-order valence-corrected chi connectivity index (χ4v) is 1.10. The first kappa shape index (κ1) is 8.58. The summed E-state index contributed by atoms with van der Waals surface area (Å²) in [6.45, 7) is 0. The third kappa shape index (κ3) is 2.79. The normalized spacial score (nSPS) is 22.1. The molecule has 8 heavy (non-hydrogen) atoms. The molecule has 1 N–H and O–H groups in total. The predicted octanol–water partition coefficient (Wildman–Crippen LogP) is 2.37. The molecule has 0 aromatic carbocycles. The van der Waals surface area contributed by atoms with Gasteiger partial charge < -0.3 is 5.73 Å². The summed E-state index contributed by atoms with van der Waals surface area (Å²) in [5.41, 5.74) is 7.27. The van der Waals surface area contributed by atoms with Gasteiger partial charge in [0.25, 0.3) is 0 Å². The van der Waals surface area contributed by atoms with Crippen molar-refractivity contribution in [2.45, 2.75) is 38.1 Å². The SMILES string of the molecule is [NH-]C1CCCCC1.[Zn]. The van der Waals surface area contributed by atoms with Gasteiger partial charge in [0.15, 0.2) is 0 Å². The minimum Gasteiger partial charge on any atom is -0.675 e. The average Bonchev–Trinajstić information content (AvgIpc) is 1.69. The second-order valence-electron chi connectivity index (χ2n) is 2.33. The Morgan fingerprint density at radius 3 is 1.75 bits per heavy atom. The second-order valence-corrected chi connectivity index (χ2v) is 2.33. The first-order valence-electron chi connectivity index (χ1n) is 3.11. The molecule has 0 saturated heterocycles. The standard InChI is InChI=1S/C6H12N.Zn/c7-6-4-2-1-3-5-6;/h6-7H,1-5H2;/q-1;. The Morgan fingerprint density at radius 2 is 1.50 bits per heavy atom. The van der Waals surface area contributed by atoms with Crippen LogP contribution in [-0.2, 0) is 19.5 Å². The molecular formula is C6H12NZn-. The maximum Gasteiger partial charge on any atom is 0 e. The summed E-state index contributed by atoms with van der Waals surface area (Å²) in [5.74, 6) is 0. The van der Waals surface area contributed by atoms with Crippen molar-refractivity contribution in [2.24, 2.45) is 0 Å². The maximum atomic E-state index is 7.27. The van der Waals surface area contributed by atoms with E-state index in [4.69, 9.17) is 5.73 Å². The molecule has 0 bridgehead atoms. The maximum absolute atomic E-state index is 7.27. The van der Waals surface area contributed by atoms with E-state index < -0.39 is 0 Å². The van der Waals surface area contributed by atoms with E-state index in [1.807, 2.05) is 0 Å². The van der Waals surface area contributed by atoms with Crippen LogP contribution in [0, 0.1) is 0 Å². The van der Waals surface area contributed by atoms with Crippen molar-refractivity contribution in [3.63, 3.8) is 0 Å². The van der Waals surface area contributed by atoms with E-state index in [0.29, 0.717) is 0 Å². The molecule has 0 aromatic heterocycles. The van der Waals surface area contributed by atoms with E-state index in [1.165, 1.54) is 19.3 Å². The first-order valence-corrected chi connectivity index (χ1v) is 3.11. The minimum absolute atomic E-state index is 0. The van der Waals surface area contributed by atoms with Crippen molar-refractivity contribution in [1.82, 2.24) is 0 Å². The molecule has 0 radical (unpaired) electrons. The van der Waals surface area contributed by atoms with Gasteiger partial charge in [-0.3, -0.25) is 0 Å². The van der Waals surface area contributed by atoms with Crippen molar-refractivity contribution in [3.8, 4) is 0 Å². The van der Waals surface area contributed by atoms with Crippen LogP contribution in [0.25, 0.3) is 5.73 Å². The zero-order valence-corrected chi connectivity index (χ0v) is 8.29. The number of hydrogen-bond acceptors (Lipinski definition) is 0. The molecule has 0 heterocycles. The van der Waals surface area contributed by atoms with Gasteiger partial charge >= 0.3 is 0 Å². The summed E-state index contributed by atoms with van der Waals surface area (Å²) in [6, 6.07) is 0.286. The van der Waals surface area contributed by atoms with Gasteiger partial charge in [-0.1, -0.05) is 32.1 Å². The summed E-state index contributed by atoms with van der Waals surface area (Å²) < 4.78 is 0. The zero-order chi connectivity index (χ0) is 5.11. The van der Waals surface area contributed by atoms with Gasteiger partial charge in [-0.2, -0.15) is 0 Å². The molecule has 0 spiro atoms. The Balaban J connectivity index is 0.000000490. The third-order valence-electron chi connectivity index (χ3n) is 1.61. The smallest absolute Gasteiger partial charge is 0 e. The van der Waals surface area contributed by atoms with Crippen LogP contribution in [0.3, 0.4) is 0 Å². The average molecular weight is 164 g/mol. The van der Waals surface area contributed by atoms with Crippen molar-refractivity contribution < 1.29 is 19.5 Å².